The van der Waals surface area contributed by atoms with E-state index in [-0.39, 0.29) is 0 Å². The second kappa shape index (κ2) is 6.39. The van der Waals surface area contributed by atoms with Crippen molar-refractivity contribution in [3.63, 3.8) is 0 Å². The van der Waals surface area contributed by atoms with Crippen LogP contribution < -0.4 is 0 Å². The van der Waals surface area contributed by atoms with Crippen LogP contribution >= 0.6 is 0 Å². The number of unbranched alkanes of at least 4 members (excludes halogenated alkanes) is 3. The molecule has 1 aliphatic rings. The lowest BCUT2D eigenvalue weighted by Crippen LogP contribution is -2.27. The third-order valence-electron chi connectivity index (χ3n) is 2.71. The lowest BCUT2D eigenvalue weighted by atomic mass is 10.0. The summed E-state index contributed by atoms with van der Waals surface area (Å²) >= 11 is 0. The summed E-state index contributed by atoms with van der Waals surface area (Å²) in [6.07, 6.45) is 9.26. The minimum Gasteiger partial charge on any atom is -0.368 e. The Morgan fingerprint density at radius 1 is 1.23 bits per heavy atom. The van der Waals surface area contributed by atoms with Crippen molar-refractivity contribution < 1.29 is 9.84 Å². The van der Waals surface area contributed by atoms with Gasteiger partial charge in [0, 0.05) is 0 Å². The topological polar surface area (TPSA) is 29.5 Å². The van der Waals surface area contributed by atoms with Gasteiger partial charge in [0.05, 0.1) is 6.10 Å². The zero-order valence-corrected chi connectivity index (χ0v) is 8.67. The molecule has 13 heavy (non-hydrogen) atoms. The first-order valence-corrected chi connectivity index (χ1v) is 5.66. The Bertz CT molecular complexity index is 125. The minimum absolute atomic E-state index is 0.334. The van der Waals surface area contributed by atoms with Gasteiger partial charge >= 0.3 is 0 Å². The zero-order chi connectivity index (χ0) is 9.52. The molecule has 0 aromatic carbocycles. The highest BCUT2D eigenvalue weighted by Gasteiger charge is 2.19. The molecule has 1 rings (SSSR count). The summed E-state index contributed by atoms with van der Waals surface area (Å²) in [5.41, 5.74) is 0. The van der Waals surface area contributed by atoms with E-state index in [1.54, 1.807) is 0 Å². The molecule has 2 heteroatoms. The van der Waals surface area contributed by atoms with E-state index in [9.17, 15) is 5.11 Å². The van der Waals surface area contributed by atoms with Gasteiger partial charge in [-0.2, -0.15) is 0 Å². The van der Waals surface area contributed by atoms with Crippen LogP contribution in [0.4, 0.5) is 0 Å². The maximum absolute atomic E-state index is 9.26. The second-order valence-corrected chi connectivity index (χ2v) is 3.99. The largest absolute Gasteiger partial charge is 0.368 e. The Balaban J connectivity index is 2.00. The molecule has 0 aliphatic carbocycles. The molecular weight excluding hydrogens is 164 g/mol. The summed E-state index contributed by atoms with van der Waals surface area (Å²) in [4.78, 5) is 0. The summed E-state index contributed by atoms with van der Waals surface area (Å²) in [5.74, 6) is 0. The Morgan fingerprint density at radius 2 is 2.08 bits per heavy atom. The molecule has 1 aliphatic heterocycles. The predicted molar refractivity (Wildman–Crippen MR) is 53.5 cm³/mol. The highest BCUT2D eigenvalue weighted by atomic mass is 16.6. The summed E-state index contributed by atoms with van der Waals surface area (Å²) in [5, 5.41) is 9.26. The van der Waals surface area contributed by atoms with Crippen LogP contribution in [0.2, 0.25) is 0 Å². The van der Waals surface area contributed by atoms with E-state index >= 15 is 0 Å². The molecule has 0 aromatic heterocycles. The quantitative estimate of drug-likeness (QED) is 0.669. The minimum atomic E-state index is -0.482. The summed E-state index contributed by atoms with van der Waals surface area (Å²) in [7, 11) is 0. The van der Waals surface area contributed by atoms with E-state index in [0.29, 0.717) is 6.10 Å². The number of aliphatic hydroxyl groups excluding tert-OH is 1. The monoisotopic (exact) mass is 186 g/mol. The van der Waals surface area contributed by atoms with Crippen molar-refractivity contribution in [3.05, 3.63) is 0 Å². The molecule has 0 amide bonds. The molecule has 1 N–H and O–H groups in total. The Labute approximate surface area is 81.3 Å². The average Bonchev–Trinajstić information content (AvgIpc) is 2.13. The smallest absolute Gasteiger partial charge is 0.154 e. The van der Waals surface area contributed by atoms with Crippen LogP contribution in [0.25, 0.3) is 0 Å². The molecule has 1 heterocycles. The first-order chi connectivity index (χ1) is 6.33. The number of aliphatic hydroxyl groups is 1. The van der Waals surface area contributed by atoms with Gasteiger partial charge in [-0.3, -0.25) is 0 Å². The third kappa shape index (κ3) is 4.63. The fourth-order valence-corrected chi connectivity index (χ4v) is 1.89. The van der Waals surface area contributed by atoms with Crippen LogP contribution in [0, 0.1) is 0 Å². The molecule has 0 saturated carbocycles. The van der Waals surface area contributed by atoms with Gasteiger partial charge in [0.1, 0.15) is 0 Å². The second-order valence-electron chi connectivity index (χ2n) is 3.99. The van der Waals surface area contributed by atoms with Gasteiger partial charge < -0.3 is 9.84 Å². The van der Waals surface area contributed by atoms with Crippen molar-refractivity contribution in [2.24, 2.45) is 0 Å². The van der Waals surface area contributed by atoms with Gasteiger partial charge in [0.15, 0.2) is 6.29 Å². The van der Waals surface area contributed by atoms with Crippen LogP contribution in [0.3, 0.4) is 0 Å². The van der Waals surface area contributed by atoms with E-state index in [4.69, 9.17) is 4.74 Å². The fourth-order valence-electron chi connectivity index (χ4n) is 1.89. The maximum Gasteiger partial charge on any atom is 0.154 e. The first-order valence-electron chi connectivity index (χ1n) is 5.66. The Kier molecular flexibility index (Phi) is 5.40. The molecular formula is C11H22O2. The fraction of sp³-hybridized carbons (Fsp3) is 1.00. The number of hydrogen-bond donors (Lipinski definition) is 1. The first kappa shape index (κ1) is 11.0. The normalized spacial score (nSPS) is 29.1. The van der Waals surface area contributed by atoms with Crippen LogP contribution in [-0.2, 0) is 4.74 Å². The van der Waals surface area contributed by atoms with Crippen molar-refractivity contribution >= 4 is 0 Å². The van der Waals surface area contributed by atoms with Crippen molar-refractivity contribution in [3.8, 4) is 0 Å². The third-order valence-corrected chi connectivity index (χ3v) is 2.71. The number of ether oxygens (including phenoxy) is 1. The Morgan fingerprint density at radius 3 is 2.77 bits per heavy atom. The average molecular weight is 186 g/mol. The van der Waals surface area contributed by atoms with Gasteiger partial charge in [0.2, 0.25) is 0 Å². The van der Waals surface area contributed by atoms with Crippen molar-refractivity contribution in [2.45, 2.75) is 70.7 Å². The number of rotatable bonds is 5. The molecule has 1 fully saturated rings. The maximum atomic E-state index is 9.26. The molecule has 0 bridgehead atoms. The van der Waals surface area contributed by atoms with E-state index in [1.807, 2.05) is 0 Å². The van der Waals surface area contributed by atoms with Crippen molar-refractivity contribution in [1.82, 2.24) is 0 Å². The molecule has 0 spiro atoms. The molecule has 1 unspecified atom stereocenters. The van der Waals surface area contributed by atoms with Gasteiger partial charge in [-0.25, -0.2) is 0 Å². The molecule has 78 valence electrons. The molecule has 2 atom stereocenters. The Hall–Kier alpha value is -0.0800. The van der Waals surface area contributed by atoms with Gasteiger partial charge in [-0.15, -0.1) is 0 Å². The van der Waals surface area contributed by atoms with E-state index in [1.165, 1.54) is 25.7 Å². The predicted octanol–water partition coefficient (Wildman–Crippen LogP) is 2.84. The van der Waals surface area contributed by atoms with Crippen LogP contribution in [0.1, 0.15) is 58.3 Å². The van der Waals surface area contributed by atoms with Crippen LogP contribution in [-0.4, -0.2) is 17.5 Å². The summed E-state index contributed by atoms with van der Waals surface area (Å²) in [6, 6.07) is 0. The van der Waals surface area contributed by atoms with E-state index in [0.717, 1.165) is 25.7 Å². The molecule has 0 aromatic rings. The zero-order valence-electron chi connectivity index (χ0n) is 8.67. The highest BCUT2D eigenvalue weighted by Crippen LogP contribution is 2.21. The van der Waals surface area contributed by atoms with Gasteiger partial charge in [0.25, 0.3) is 0 Å². The van der Waals surface area contributed by atoms with E-state index < -0.39 is 6.29 Å². The van der Waals surface area contributed by atoms with E-state index in [2.05, 4.69) is 6.92 Å². The molecule has 0 radical (unpaired) electrons. The van der Waals surface area contributed by atoms with Crippen molar-refractivity contribution in [2.75, 3.05) is 0 Å². The van der Waals surface area contributed by atoms with Crippen LogP contribution in [0.5, 0.6) is 0 Å². The van der Waals surface area contributed by atoms with Crippen molar-refractivity contribution in [1.29, 1.82) is 0 Å². The SMILES string of the molecule is CCCCCC[C@H]1CCCC(O)O1. The summed E-state index contributed by atoms with van der Waals surface area (Å²) in [6.45, 7) is 2.22. The lowest BCUT2D eigenvalue weighted by molar-refractivity contribution is -0.164. The molecule has 2 nitrogen and oxygen atoms in total. The number of hydrogen-bond acceptors (Lipinski definition) is 2. The highest BCUT2D eigenvalue weighted by molar-refractivity contribution is 4.65. The standard InChI is InChI=1S/C11H22O2/c1-2-3-4-5-7-10-8-6-9-11(12)13-10/h10-12H,2-9H2,1H3/t10-,11?/m0/s1. The van der Waals surface area contributed by atoms with Crippen LogP contribution in [0.15, 0.2) is 0 Å². The molecule has 1 saturated heterocycles. The lowest BCUT2D eigenvalue weighted by Gasteiger charge is -2.26. The van der Waals surface area contributed by atoms with Gasteiger partial charge in [-0.05, 0) is 25.7 Å². The van der Waals surface area contributed by atoms with Gasteiger partial charge in [-0.1, -0.05) is 32.6 Å². The summed E-state index contributed by atoms with van der Waals surface area (Å²) < 4.78 is 5.42.